The second-order valence-corrected chi connectivity index (χ2v) is 5.27. The van der Waals surface area contributed by atoms with E-state index in [1.54, 1.807) is 29.8 Å². The molecule has 0 aromatic carbocycles. The number of rotatable bonds is 5. The molecule has 2 aromatic rings. The predicted molar refractivity (Wildman–Crippen MR) is 68.5 cm³/mol. The molecular weight excluding hydrogens is 240 g/mol. The van der Waals surface area contributed by atoms with Crippen molar-refractivity contribution in [3.05, 3.63) is 38.7 Å². The third-order valence-corrected chi connectivity index (χ3v) is 4.20. The van der Waals surface area contributed by atoms with Crippen molar-refractivity contribution in [3.63, 3.8) is 0 Å². The number of methoxy groups -OCH3 is 1. The zero-order valence-corrected chi connectivity index (χ0v) is 10.7. The molecule has 2 heterocycles. The molecule has 1 unspecified atom stereocenters. The Morgan fingerprint density at radius 3 is 2.94 bits per heavy atom. The van der Waals surface area contributed by atoms with Crippen molar-refractivity contribution in [1.82, 2.24) is 0 Å². The van der Waals surface area contributed by atoms with Crippen LogP contribution in [-0.4, -0.2) is 12.2 Å². The molecule has 0 radical (unpaired) electrons. The molecule has 2 nitrogen and oxygen atoms in total. The Morgan fingerprint density at radius 1 is 1.38 bits per heavy atom. The number of aliphatic hydroxyl groups is 1. The average molecular weight is 254 g/mol. The van der Waals surface area contributed by atoms with Crippen LogP contribution in [-0.2, 0) is 6.42 Å². The molecule has 1 atom stereocenters. The van der Waals surface area contributed by atoms with Crippen molar-refractivity contribution in [1.29, 1.82) is 0 Å². The SMILES string of the molecule is COc1ccsc1C(O)CCc1ccsc1. The fraction of sp³-hybridized carbons (Fsp3) is 0.333. The standard InChI is InChI=1S/C12H14O2S2/c1-14-11-5-7-16-12(11)10(13)3-2-9-4-6-15-8-9/h4-8,10,13H,2-3H2,1H3. The third kappa shape index (κ3) is 2.64. The number of thiophene rings is 2. The second kappa shape index (κ2) is 5.48. The molecule has 0 spiro atoms. The Balaban J connectivity index is 1.95. The highest BCUT2D eigenvalue weighted by Gasteiger charge is 2.14. The van der Waals surface area contributed by atoms with E-state index in [0.717, 1.165) is 23.5 Å². The molecule has 0 saturated heterocycles. The van der Waals surface area contributed by atoms with Crippen LogP contribution < -0.4 is 4.74 Å². The van der Waals surface area contributed by atoms with Crippen molar-refractivity contribution in [2.75, 3.05) is 7.11 Å². The Labute approximate surface area is 103 Å². The van der Waals surface area contributed by atoms with Crippen molar-refractivity contribution in [2.45, 2.75) is 18.9 Å². The summed E-state index contributed by atoms with van der Waals surface area (Å²) in [5.74, 6) is 0.794. The first kappa shape index (κ1) is 11.6. The number of hydrogen-bond acceptors (Lipinski definition) is 4. The molecule has 0 aliphatic heterocycles. The molecule has 0 saturated carbocycles. The van der Waals surface area contributed by atoms with Gasteiger partial charge in [-0.25, -0.2) is 0 Å². The van der Waals surface area contributed by atoms with E-state index >= 15 is 0 Å². The molecule has 0 aliphatic rings. The first-order valence-electron chi connectivity index (χ1n) is 5.11. The average Bonchev–Trinajstić information content (AvgIpc) is 2.96. The number of aliphatic hydroxyl groups excluding tert-OH is 1. The summed E-state index contributed by atoms with van der Waals surface area (Å²) < 4.78 is 5.20. The van der Waals surface area contributed by atoms with Crippen LogP contribution in [0.25, 0.3) is 0 Å². The zero-order valence-electron chi connectivity index (χ0n) is 9.05. The van der Waals surface area contributed by atoms with Crippen LogP contribution in [0.5, 0.6) is 5.75 Å². The fourth-order valence-electron chi connectivity index (χ4n) is 1.59. The van der Waals surface area contributed by atoms with Gasteiger partial charge in [0.25, 0.3) is 0 Å². The minimum Gasteiger partial charge on any atom is -0.495 e. The molecular formula is C12H14O2S2. The highest BCUT2D eigenvalue weighted by molar-refractivity contribution is 7.10. The Morgan fingerprint density at radius 2 is 2.25 bits per heavy atom. The molecule has 4 heteroatoms. The fourth-order valence-corrected chi connectivity index (χ4v) is 3.17. The normalized spacial score (nSPS) is 12.6. The quantitative estimate of drug-likeness (QED) is 0.885. The van der Waals surface area contributed by atoms with E-state index in [-0.39, 0.29) is 0 Å². The van der Waals surface area contributed by atoms with Crippen LogP contribution in [0, 0.1) is 0 Å². The lowest BCUT2D eigenvalue weighted by Gasteiger charge is -2.10. The summed E-state index contributed by atoms with van der Waals surface area (Å²) in [6, 6.07) is 4.00. The Hall–Kier alpha value is -0.840. The number of aryl methyl sites for hydroxylation is 1. The summed E-state index contributed by atoms with van der Waals surface area (Å²) in [5.41, 5.74) is 1.29. The van der Waals surface area contributed by atoms with Gasteiger partial charge in [0.15, 0.2) is 0 Å². The van der Waals surface area contributed by atoms with Gasteiger partial charge in [-0.1, -0.05) is 0 Å². The van der Waals surface area contributed by atoms with Gasteiger partial charge in [-0.2, -0.15) is 11.3 Å². The Bertz CT molecular complexity index is 420. The van der Waals surface area contributed by atoms with Gasteiger partial charge >= 0.3 is 0 Å². The maximum atomic E-state index is 10.1. The van der Waals surface area contributed by atoms with E-state index in [9.17, 15) is 5.11 Å². The molecule has 0 fully saturated rings. The summed E-state index contributed by atoms with van der Waals surface area (Å²) in [6.45, 7) is 0. The van der Waals surface area contributed by atoms with E-state index in [2.05, 4.69) is 16.8 Å². The molecule has 86 valence electrons. The third-order valence-electron chi connectivity index (χ3n) is 2.47. The van der Waals surface area contributed by atoms with Crippen LogP contribution in [0.3, 0.4) is 0 Å². The summed E-state index contributed by atoms with van der Waals surface area (Å²) in [6.07, 6.45) is 1.23. The van der Waals surface area contributed by atoms with Crippen LogP contribution >= 0.6 is 22.7 Å². The molecule has 1 N–H and O–H groups in total. The van der Waals surface area contributed by atoms with Crippen molar-refractivity contribution in [2.24, 2.45) is 0 Å². The van der Waals surface area contributed by atoms with Gasteiger partial charge in [0.1, 0.15) is 5.75 Å². The van der Waals surface area contributed by atoms with E-state index < -0.39 is 6.10 Å². The molecule has 0 amide bonds. The van der Waals surface area contributed by atoms with Gasteiger partial charge in [-0.15, -0.1) is 11.3 Å². The molecule has 2 rings (SSSR count). The lowest BCUT2D eigenvalue weighted by Crippen LogP contribution is -1.98. The summed E-state index contributed by atoms with van der Waals surface area (Å²) in [7, 11) is 1.64. The summed E-state index contributed by atoms with van der Waals surface area (Å²) in [4.78, 5) is 0.928. The first-order valence-corrected chi connectivity index (χ1v) is 6.94. The highest BCUT2D eigenvalue weighted by atomic mass is 32.1. The lowest BCUT2D eigenvalue weighted by atomic mass is 10.1. The zero-order chi connectivity index (χ0) is 11.4. The maximum absolute atomic E-state index is 10.1. The Kier molecular flexibility index (Phi) is 3.98. The van der Waals surface area contributed by atoms with Crippen LogP contribution in [0.2, 0.25) is 0 Å². The van der Waals surface area contributed by atoms with Gasteiger partial charge < -0.3 is 9.84 Å². The highest BCUT2D eigenvalue weighted by Crippen LogP contribution is 2.33. The van der Waals surface area contributed by atoms with Crippen LogP contribution in [0.4, 0.5) is 0 Å². The molecule has 2 aromatic heterocycles. The molecule has 0 aliphatic carbocycles. The van der Waals surface area contributed by atoms with Gasteiger partial charge in [0.05, 0.1) is 18.1 Å². The van der Waals surface area contributed by atoms with E-state index in [1.165, 1.54) is 5.56 Å². The maximum Gasteiger partial charge on any atom is 0.135 e. The topological polar surface area (TPSA) is 29.5 Å². The van der Waals surface area contributed by atoms with Gasteiger partial charge in [-0.05, 0) is 46.7 Å². The first-order chi connectivity index (χ1) is 7.81. The minimum atomic E-state index is -0.421. The minimum absolute atomic E-state index is 0.421. The van der Waals surface area contributed by atoms with Crippen molar-refractivity contribution in [3.8, 4) is 5.75 Å². The van der Waals surface area contributed by atoms with Crippen molar-refractivity contribution < 1.29 is 9.84 Å². The summed E-state index contributed by atoms with van der Waals surface area (Å²) >= 11 is 3.24. The van der Waals surface area contributed by atoms with Gasteiger partial charge in [0, 0.05) is 0 Å². The number of hydrogen-bond donors (Lipinski definition) is 1. The molecule has 16 heavy (non-hydrogen) atoms. The van der Waals surface area contributed by atoms with E-state index in [1.807, 2.05) is 11.4 Å². The lowest BCUT2D eigenvalue weighted by molar-refractivity contribution is 0.168. The van der Waals surface area contributed by atoms with Crippen LogP contribution in [0.15, 0.2) is 28.3 Å². The van der Waals surface area contributed by atoms with Gasteiger partial charge in [-0.3, -0.25) is 0 Å². The second-order valence-electron chi connectivity index (χ2n) is 3.54. The monoisotopic (exact) mass is 254 g/mol. The van der Waals surface area contributed by atoms with Crippen LogP contribution in [0.1, 0.15) is 23.0 Å². The predicted octanol–water partition coefficient (Wildman–Crippen LogP) is 3.48. The number of ether oxygens (including phenoxy) is 1. The van der Waals surface area contributed by atoms with E-state index in [4.69, 9.17) is 4.74 Å². The van der Waals surface area contributed by atoms with Gasteiger partial charge in [0.2, 0.25) is 0 Å². The molecule has 0 bridgehead atoms. The summed E-state index contributed by atoms with van der Waals surface area (Å²) in [5, 5.41) is 16.2. The van der Waals surface area contributed by atoms with Crippen molar-refractivity contribution >= 4 is 22.7 Å². The largest absolute Gasteiger partial charge is 0.495 e. The smallest absolute Gasteiger partial charge is 0.135 e. The van der Waals surface area contributed by atoms with E-state index in [0.29, 0.717) is 0 Å².